The first-order valence-electron chi connectivity index (χ1n) is 6.53. The van der Waals surface area contributed by atoms with Crippen LogP contribution >= 0.6 is 0 Å². The molecule has 1 saturated carbocycles. The Kier molecular flexibility index (Phi) is 2.87. The van der Waals surface area contributed by atoms with E-state index >= 15 is 0 Å². The number of carboxylic acids is 1. The first kappa shape index (κ1) is 12.9. The van der Waals surface area contributed by atoms with Crippen LogP contribution in [0.25, 0.3) is 0 Å². The zero-order chi connectivity index (χ0) is 14.3. The van der Waals surface area contributed by atoms with Crippen molar-refractivity contribution >= 4 is 11.9 Å². The highest BCUT2D eigenvalue weighted by atomic mass is 16.4. The van der Waals surface area contributed by atoms with E-state index in [2.05, 4.69) is 5.32 Å². The van der Waals surface area contributed by atoms with Gasteiger partial charge in [0.2, 0.25) is 0 Å². The van der Waals surface area contributed by atoms with Gasteiger partial charge in [0.1, 0.15) is 0 Å². The van der Waals surface area contributed by atoms with Crippen molar-refractivity contribution in [2.75, 3.05) is 0 Å². The van der Waals surface area contributed by atoms with Gasteiger partial charge in [-0.2, -0.15) is 0 Å². The number of fused-ring (bicyclic) bond motifs is 2. The van der Waals surface area contributed by atoms with Crippen LogP contribution in [0.3, 0.4) is 0 Å². The van der Waals surface area contributed by atoms with Crippen LogP contribution in [-0.4, -0.2) is 33.7 Å². The number of aliphatic carboxylic acids is 1. The van der Waals surface area contributed by atoms with Crippen LogP contribution in [0.5, 0.6) is 0 Å². The van der Waals surface area contributed by atoms with Gasteiger partial charge in [-0.3, -0.25) is 4.79 Å². The Morgan fingerprint density at radius 3 is 2.45 bits per heavy atom. The summed E-state index contributed by atoms with van der Waals surface area (Å²) >= 11 is 0. The zero-order valence-electron chi connectivity index (χ0n) is 10.7. The normalized spacial score (nSPS) is 34.1. The number of rotatable bonds is 3. The summed E-state index contributed by atoms with van der Waals surface area (Å²) in [5.74, 6) is -2.24. The van der Waals surface area contributed by atoms with Crippen molar-refractivity contribution in [3.05, 3.63) is 48.0 Å². The molecule has 5 heteroatoms. The Hall–Kier alpha value is -2.14. The minimum Gasteiger partial charge on any atom is -0.479 e. The average Bonchev–Trinajstić information content (AvgIpc) is 3.02. The average molecular weight is 273 g/mol. The molecule has 3 N–H and O–H groups in total. The topological polar surface area (TPSA) is 86.6 Å². The number of benzene rings is 1. The van der Waals surface area contributed by atoms with E-state index in [0.29, 0.717) is 12.0 Å². The summed E-state index contributed by atoms with van der Waals surface area (Å²) in [7, 11) is 0. The van der Waals surface area contributed by atoms with Crippen molar-refractivity contribution in [3.63, 3.8) is 0 Å². The number of carbonyl (C=O) groups excluding carboxylic acids is 1. The van der Waals surface area contributed by atoms with Crippen molar-refractivity contribution < 1.29 is 19.8 Å². The van der Waals surface area contributed by atoms with Gasteiger partial charge in [0.05, 0.1) is 6.10 Å². The van der Waals surface area contributed by atoms with E-state index in [0.717, 1.165) is 0 Å². The van der Waals surface area contributed by atoms with E-state index in [1.165, 1.54) is 0 Å². The third kappa shape index (κ3) is 1.67. The molecule has 1 aromatic carbocycles. The van der Waals surface area contributed by atoms with E-state index in [9.17, 15) is 19.8 Å². The van der Waals surface area contributed by atoms with Gasteiger partial charge in [0.25, 0.3) is 5.91 Å². The quantitative estimate of drug-likeness (QED) is 0.711. The summed E-state index contributed by atoms with van der Waals surface area (Å²) < 4.78 is 0. The second kappa shape index (κ2) is 4.45. The summed E-state index contributed by atoms with van der Waals surface area (Å²) in [5.41, 5.74) is -1.24. The third-order valence-corrected chi connectivity index (χ3v) is 4.28. The molecule has 4 atom stereocenters. The molecule has 1 amide bonds. The number of aliphatic hydroxyl groups is 1. The fourth-order valence-corrected chi connectivity index (χ4v) is 3.21. The summed E-state index contributed by atoms with van der Waals surface area (Å²) in [4.78, 5) is 23.9. The molecule has 2 aliphatic carbocycles. The van der Waals surface area contributed by atoms with Gasteiger partial charge in [0, 0.05) is 17.4 Å². The lowest BCUT2D eigenvalue weighted by molar-refractivity contribution is -0.150. The third-order valence-electron chi connectivity index (χ3n) is 4.28. The van der Waals surface area contributed by atoms with Crippen molar-refractivity contribution in [2.24, 2.45) is 11.8 Å². The molecule has 1 fully saturated rings. The molecule has 104 valence electrons. The van der Waals surface area contributed by atoms with Gasteiger partial charge in [-0.1, -0.05) is 30.4 Å². The molecule has 2 bridgehead atoms. The van der Waals surface area contributed by atoms with Gasteiger partial charge < -0.3 is 15.5 Å². The molecule has 1 aromatic rings. The second-order valence-corrected chi connectivity index (χ2v) is 5.33. The van der Waals surface area contributed by atoms with Gasteiger partial charge in [0.15, 0.2) is 5.54 Å². The van der Waals surface area contributed by atoms with E-state index in [-0.39, 0.29) is 11.8 Å². The second-order valence-electron chi connectivity index (χ2n) is 5.33. The van der Waals surface area contributed by atoms with Crippen molar-refractivity contribution in [1.82, 2.24) is 5.32 Å². The standard InChI is InChI=1S/C15H15NO4/c17-12-10-6-7-11(8-10)15(12,14(19)20)16-13(18)9-4-2-1-3-5-9/h1-7,10-12,17H,8H2,(H,16,18)(H,19,20)/t10-,11+,12-,15+/m0/s1. The maximum atomic E-state index is 12.2. The van der Waals surface area contributed by atoms with E-state index in [1.54, 1.807) is 36.4 Å². The maximum absolute atomic E-state index is 12.2. The summed E-state index contributed by atoms with van der Waals surface area (Å²) in [6.07, 6.45) is 3.06. The number of amides is 1. The summed E-state index contributed by atoms with van der Waals surface area (Å²) in [6.45, 7) is 0. The molecule has 0 heterocycles. The summed E-state index contributed by atoms with van der Waals surface area (Å²) in [6, 6.07) is 8.42. The predicted molar refractivity (Wildman–Crippen MR) is 71.0 cm³/mol. The van der Waals surface area contributed by atoms with Gasteiger partial charge in [-0.25, -0.2) is 4.79 Å². The monoisotopic (exact) mass is 273 g/mol. The lowest BCUT2D eigenvalue weighted by Crippen LogP contribution is -2.64. The first-order valence-corrected chi connectivity index (χ1v) is 6.53. The van der Waals surface area contributed by atoms with Crippen molar-refractivity contribution in [3.8, 4) is 0 Å². The molecular formula is C15H15NO4. The molecular weight excluding hydrogens is 258 g/mol. The Balaban J connectivity index is 1.92. The number of carboxylic acid groups (broad SMARTS) is 1. The van der Waals surface area contributed by atoms with E-state index in [4.69, 9.17) is 0 Å². The number of aliphatic hydroxyl groups excluding tert-OH is 1. The van der Waals surface area contributed by atoms with E-state index in [1.807, 2.05) is 6.08 Å². The Bertz CT molecular complexity index is 583. The Morgan fingerprint density at radius 1 is 1.20 bits per heavy atom. The molecule has 0 saturated heterocycles. The lowest BCUT2D eigenvalue weighted by atomic mass is 9.82. The first-order chi connectivity index (χ1) is 9.55. The fourth-order valence-electron chi connectivity index (χ4n) is 3.21. The smallest absolute Gasteiger partial charge is 0.332 e. The predicted octanol–water partition coefficient (Wildman–Crippen LogP) is 0.807. The Labute approximate surface area is 115 Å². The summed E-state index contributed by atoms with van der Waals surface area (Å²) in [5, 5.41) is 22.3. The maximum Gasteiger partial charge on any atom is 0.332 e. The largest absolute Gasteiger partial charge is 0.479 e. The van der Waals surface area contributed by atoms with Crippen LogP contribution in [0.2, 0.25) is 0 Å². The molecule has 3 rings (SSSR count). The fraction of sp³-hybridized carbons (Fsp3) is 0.333. The Morgan fingerprint density at radius 2 is 1.90 bits per heavy atom. The van der Waals surface area contributed by atoms with Crippen LogP contribution in [0.4, 0.5) is 0 Å². The number of hydrogen-bond donors (Lipinski definition) is 3. The molecule has 0 radical (unpaired) electrons. The number of nitrogens with one attached hydrogen (secondary N) is 1. The van der Waals surface area contributed by atoms with Gasteiger partial charge >= 0.3 is 5.97 Å². The van der Waals surface area contributed by atoms with E-state index < -0.39 is 23.5 Å². The van der Waals surface area contributed by atoms with Crippen LogP contribution in [0.15, 0.2) is 42.5 Å². The van der Waals surface area contributed by atoms with Gasteiger partial charge in [-0.05, 0) is 18.6 Å². The highest BCUT2D eigenvalue weighted by Gasteiger charge is 2.61. The van der Waals surface area contributed by atoms with Crippen LogP contribution < -0.4 is 5.32 Å². The van der Waals surface area contributed by atoms with Crippen LogP contribution in [0.1, 0.15) is 16.8 Å². The minimum absolute atomic E-state index is 0.202. The molecule has 0 unspecified atom stereocenters. The molecule has 0 aliphatic heterocycles. The molecule has 5 nitrogen and oxygen atoms in total. The van der Waals surface area contributed by atoms with Crippen molar-refractivity contribution in [2.45, 2.75) is 18.1 Å². The molecule has 20 heavy (non-hydrogen) atoms. The van der Waals surface area contributed by atoms with Gasteiger partial charge in [-0.15, -0.1) is 0 Å². The molecule has 0 spiro atoms. The zero-order valence-corrected chi connectivity index (χ0v) is 10.7. The SMILES string of the molecule is O=C(N[C@]1(C(=O)O)[C@@H]2C=C[C@@H](C2)[C@@H]1O)c1ccccc1. The highest BCUT2D eigenvalue weighted by Crippen LogP contribution is 2.46. The van der Waals surface area contributed by atoms with Crippen LogP contribution in [-0.2, 0) is 4.79 Å². The number of carbonyl (C=O) groups is 2. The van der Waals surface area contributed by atoms with Crippen molar-refractivity contribution in [1.29, 1.82) is 0 Å². The van der Waals surface area contributed by atoms with Crippen LogP contribution in [0, 0.1) is 11.8 Å². The molecule has 0 aromatic heterocycles. The number of hydrogen-bond acceptors (Lipinski definition) is 3. The highest BCUT2D eigenvalue weighted by molar-refractivity contribution is 5.98. The minimum atomic E-state index is -1.62. The molecule has 2 aliphatic rings. The lowest BCUT2D eigenvalue weighted by Gasteiger charge is -2.35.